The van der Waals surface area contributed by atoms with Crippen molar-refractivity contribution in [1.82, 2.24) is 14.9 Å². The van der Waals surface area contributed by atoms with Crippen LogP contribution in [0.1, 0.15) is 42.9 Å². The summed E-state index contributed by atoms with van der Waals surface area (Å²) in [5.41, 5.74) is 1.97. The van der Waals surface area contributed by atoms with Gasteiger partial charge >= 0.3 is 0 Å². The summed E-state index contributed by atoms with van der Waals surface area (Å²) in [4.78, 5) is 23.6. The molecule has 0 spiro atoms. The van der Waals surface area contributed by atoms with Gasteiger partial charge in [-0.3, -0.25) is 4.79 Å². The summed E-state index contributed by atoms with van der Waals surface area (Å²) in [5.74, 6) is 1.65. The molecule has 1 unspecified atom stereocenters. The lowest BCUT2D eigenvalue weighted by atomic mass is 10.00. The molecule has 0 saturated carbocycles. The number of para-hydroxylation sites is 2. The normalized spacial score (nSPS) is 17.0. The molecule has 0 aliphatic carbocycles. The molecule has 3 rings (SSSR count). The Morgan fingerprint density at radius 2 is 2.15 bits per heavy atom. The van der Waals surface area contributed by atoms with Crippen molar-refractivity contribution >= 4 is 17.5 Å². The van der Waals surface area contributed by atoms with Gasteiger partial charge in [-0.25, -0.2) is 9.97 Å². The average Bonchev–Trinajstić information content (AvgIpc) is 2.62. The summed E-state index contributed by atoms with van der Waals surface area (Å²) in [7, 11) is 0. The van der Waals surface area contributed by atoms with Gasteiger partial charge in [-0.1, -0.05) is 19.1 Å². The Morgan fingerprint density at radius 3 is 2.92 bits per heavy atom. The standard InChI is InChI=1S/C20H26N4O2/c1-4-26-18-10-6-5-9-16(18)22-20-21-15(3)12-17(23-20)19(25)24-11-7-8-14(2)13-24/h5-6,9-10,12,14H,4,7-8,11,13H2,1-3H3,(H,21,22,23). The van der Waals surface area contributed by atoms with Gasteiger partial charge in [-0.05, 0) is 50.8 Å². The molecule has 1 aromatic heterocycles. The Hall–Kier alpha value is -2.63. The number of likely N-dealkylation sites (tertiary alicyclic amines) is 1. The maximum Gasteiger partial charge on any atom is 0.272 e. The van der Waals surface area contributed by atoms with Crippen LogP contribution in [0.4, 0.5) is 11.6 Å². The highest BCUT2D eigenvalue weighted by molar-refractivity contribution is 5.92. The molecule has 1 aliphatic rings. The fourth-order valence-corrected chi connectivity index (χ4v) is 3.24. The van der Waals surface area contributed by atoms with Crippen molar-refractivity contribution in [3.63, 3.8) is 0 Å². The van der Waals surface area contributed by atoms with Gasteiger partial charge in [0.25, 0.3) is 5.91 Å². The average molecular weight is 354 g/mol. The maximum absolute atomic E-state index is 12.9. The van der Waals surface area contributed by atoms with Crippen LogP contribution in [0.15, 0.2) is 30.3 Å². The highest BCUT2D eigenvalue weighted by Gasteiger charge is 2.23. The first-order valence-electron chi connectivity index (χ1n) is 9.20. The van der Waals surface area contributed by atoms with E-state index in [0.717, 1.165) is 36.6 Å². The molecule has 0 bridgehead atoms. The van der Waals surface area contributed by atoms with E-state index in [1.165, 1.54) is 6.42 Å². The van der Waals surface area contributed by atoms with Crippen molar-refractivity contribution in [1.29, 1.82) is 0 Å². The molecule has 26 heavy (non-hydrogen) atoms. The quantitative estimate of drug-likeness (QED) is 0.884. The number of nitrogens with one attached hydrogen (secondary N) is 1. The molecule has 2 heterocycles. The van der Waals surface area contributed by atoms with Crippen LogP contribution in [-0.4, -0.2) is 40.5 Å². The number of amides is 1. The lowest BCUT2D eigenvalue weighted by molar-refractivity contribution is 0.0677. The van der Waals surface area contributed by atoms with E-state index in [4.69, 9.17) is 4.74 Å². The molecule has 6 nitrogen and oxygen atoms in total. The molecule has 1 amide bonds. The summed E-state index contributed by atoms with van der Waals surface area (Å²) in [6.07, 6.45) is 2.22. The molecule has 2 aromatic rings. The zero-order valence-corrected chi connectivity index (χ0v) is 15.7. The largest absolute Gasteiger partial charge is 0.492 e. The summed E-state index contributed by atoms with van der Waals surface area (Å²) in [6.45, 7) is 8.15. The zero-order valence-electron chi connectivity index (χ0n) is 15.7. The number of carbonyl (C=O) groups excluding carboxylic acids is 1. The Bertz CT molecular complexity index is 778. The molecule has 1 aromatic carbocycles. The smallest absolute Gasteiger partial charge is 0.272 e. The first-order valence-corrected chi connectivity index (χ1v) is 9.20. The molecule has 1 atom stereocenters. The Kier molecular flexibility index (Phi) is 5.71. The lowest BCUT2D eigenvalue weighted by Crippen LogP contribution is -2.39. The summed E-state index contributed by atoms with van der Waals surface area (Å²) in [6, 6.07) is 9.39. The minimum Gasteiger partial charge on any atom is -0.492 e. The summed E-state index contributed by atoms with van der Waals surface area (Å²) < 4.78 is 5.63. The summed E-state index contributed by atoms with van der Waals surface area (Å²) >= 11 is 0. The van der Waals surface area contributed by atoms with Crippen LogP contribution in [0, 0.1) is 12.8 Å². The van der Waals surface area contributed by atoms with Gasteiger partial charge in [-0.15, -0.1) is 0 Å². The molecular formula is C20H26N4O2. The second-order valence-corrected chi connectivity index (χ2v) is 6.77. The van der Waals surface area contributed by atoms with Crippen molar-refractivity contribution in [2.45, 2.75) is 33.6 Å². The van der Waals surface area contributed by atoms with Gasteiger partial charge < -0.3 is 15.0 Å². The number of aromatic nitrogens is 2. The number of nitrogens with zero attached hydrogens (tertiary/aromatic N) is 3. The lowest BCUT2D eigenvalue weighted by Gasteiger charge is -2.30. The first-order chi connectivity index (χ1) is 12.6. The predicted molar refractivity (Wildman–Crippen MR) is 102 cm³/mol. The Balaban J connectivity index is 1.83. The highest BCUT2D eigenvalue weighted by Crippen LogP contribution is 2.26. The second-order valence-electron chi connectivity index (χ2n) is 6.77. The first kappa shape index (κ1) is 18.2. The van der Waals surface area contributed by atoms with E-state index in [0.29, 0.717) is 24.2 Å². The van der Waals surface area contributed by atoms with Gasteiger partial charge in [0.2, 0.25) is 5.95 Å². The molecule has 6 heteroatoms. The molecule has 0 radical (unpaired) electrons. The van der Waals surface area contributed by atoms with E-state index in [-0.39, 0.29) is 5.91 Å². The van der Waals surface area contributed by atoms with E-state index in [9.17, 15) is 4.79 Å². The van der Waals surface area contributed by atoms with Crippen molar-refractivity contribution in [3.05, 3.63) is 41.7 Å². The van der Waals surface area contributed by atoms with Crippen molar-refractivity contribution in [3.8, 4) is 5.75 Å². The fraction of sp³-hybridized carbons (Fsp3) is 0.450. The number of anilines is 2. The third kappa shape index (κ3) is 4.31. The van der Waals surface area contributed by atoms with E-state index >= 15 is 0 Å². The van der Waals surface area contributed by atoms with Crippen LogP contribution >= 0.6 is 0 Å². The van der Waals surface area contributed by atoms with E-state index in [1.54, 1.807) is 6.07 Å². The number of carbonyl (C=O) groups is 1. The van der Waals surface area contributed by atoms with E-state index in [2.05, 4.69) is 22.2 Å². The third-order valence-electron chi connectivity index (χ3n) is 4.45. The Morgan fingerprint density at radius 1 is 1.35 bits per heavy atom. The Labute approximate surface area is 154 Å². The number of benzene rings is 1. The summed E-state index contributed by atoms with van der Waals surface area (Å²) in [5, 5.41) is 3.19. The van der Waals surface area contributed by atoms with E-state index in [1.807, 2.05) is 43.0 Å². The molecule has 1 saturated heterocycles. The number of hydrogen-bond acceptors (Lipinski definition) is 5. The number of ether oxygens (including phenoxy) is 1. The van der Waals surface area contributed by atoms with E-state index < -0.39 is 0 Å². The van der Waals surface area contributed by atoms with Crippen LogP contribution in [0.25, 0.3) is 0 Å². The minimum absolute atomic E-state index is 0.0248. The number of aryl methyl sites for hydroxylation is 1. The monoisotopic (exact) mass is 354 g/mol. The number of rotatable bonds is 5. The fourth-order valence-electron chi connectivity index (χ4n) is 3.24. The van der Waals surface area contributed by atoms with Crippen LogP contribution < -0.4 is 10.1 Å². The van der Waals surface area contributed by atoms with Crippen LogP contribution in [0.2, 0.25) is 0 Å². The van der Waals surface area contributed by atoms with Gasteiger partial charge in [0, 0.05) is 18.8 Å². The topological polar surface area (TPSA) is 67.3 Å². The van der Waals surface area contributed by atoms with Crippen LogP contribution in [-0.2, 0) is 0 Å². The molecule has 1 N–H and O–H groups in total. The zero-order chi connectivity index (χ0) is 18.5. The molecule has 1 fully saturated rings. The maximum atomic E-state index is 12.9. The third-order valence-corrected chi connectivity index (χ3v) is 4.45. The second kappa shape index (κ2) is 8.17. The molecule has 138 valence electrons. The van der Waals surface area contributed by atoms with Gasteiger partial charge in [0.05, 0.1) is 12.3 Å². The van der Waals surface area contributed by atoms with Crippen molar-refractivity contribution in [2.24, 2.45) is 5.92 Å². The SMILES string of the molecule is CCOc1ccccc1Nc1nc(C)cc(C(=O)N2CCCC(C)C2)n1. The van der Waals surface area contributed by atoms with Crippen LogP contribution in [0.3, 0.4) is 0 Å². The van der Waals surface area contributed by atoms with Crippen molar-refractivity contribution < 1.29 is 9.53 Å². The van der Waals surface area contributed by atoms with Crippen LogP contribution in [0.5, 0.6) is 5.75 Å². The highest BCUT2D eigenvalue weighted by atomic mass is 16.5. The number of hydrogen-bond donors (Lipinski definition) is 1. The molecule has 1 aliphatic heterocycles. The number of piperidine rings is 1. The van der Waals surface area contributed by atoms with Crippen molar-refractivity contribution in [2.75, 3.05) is 25.0 Å². The van der Waals surface area contributed by atoms with Gasteiger partial charge in [-0.2, -0.15) is 0 Å². The predicted octanol–water partition coefficient (Wildman–Crippen LogP) is 3.80. The van der Waals surface area contributed by atoms with Gasteiger partial charge in [0.1, 0.15) is 11.4 Å². The minimum atomic E-state index is -0.0248. The molecular weight excluding hydrogens is 328 g/mol. The van der Waals surface area contributed by atoms with Gasteiger partial charge in [0.15, 0.2) is 0 Å².